The molecule has 6 heteroatoms. The third kappa shape index (κ3) is 5.60. The number of hydrogen-bond donors (Lipinski definition) is 1. The Kier molecular flexibility index (Phi) is 7.17. The zero-order valence-corrected chi connectivity index (χ0v) is 15.0. The molecule has 0 spiro atoms. The lowest BCUT2D eigenvalue weighted by molar-refractivity contribution is -0.111. The van der Waals surface area contributed by atoms with Crippen LogP contribution in [0.5, 0.6) is 11.5 Å². The number of methoxy groups -OCH3 is 2. The normalized spacial score (nSPS) is 11.2. The first-order valence-electron chi connectivity index (χ1n) is 8.08. The molecular weight excluding hydrogens is 337 g/mol. The molecule has 26 heavy (non-hydrogen) atoms. The number of hydrogen-bond acceptors (Lipinski definition) is 4. The van der Waals surface area contributed by atoms with Gasteiger partial charge in [0.15, 0.2) is 11.5 Å². The van der Waals surface area contributed by atoms with E-state index in [1.54, 1.807) is 51.5 Å². The van der Waals surface area contributed by atoms with Crippen LogP contribution >= 0.6 is 0 Å². The highest BCUT2D eigenvalue weighted by molar-refractivity contribution is 6.03. The van der Waals surface area contributed by atoms with Crippen LogP contribution in [0.25, 0.3) is 5.57 Å². The second kappa shape index (κ2) is 9.58. The molecular formula is C20H22FNO4. The number of rotatable bonds is 8. The van der Waals surface area contributed by atoms with E-state index < -0.39 is 0 Å². The number of allylic oxidation sites excluding steroid dienone is 1. The predicted molar refractivity (Wildman–Crippen MR) is 99.0 cm³/mol. The van der Waals surface area contributed by atoms with Crippen LogP contribution in [0.1, 0.15) is 12.5 Å². The molecule has 0 bridgehead atoms. The fourth-order valence-corrected chi connectivity index (χ4v) is 2.27. The van der Waals surface area contributed by atoms with Crippen LogP contribution in [-0.4, -0.2) is 33.3 Å². The van der Waals surface area contributed by atoms with Crippen LogP contribution in [0.2, 0.25) is 0 Å². The summed E-state index contributed by atoms with van der Waals surface area (Å²) in [4.78, 5) is 12.2. The quantitative estimate of drug-likeness (QED) is 0.574. The van der Waals surface area contributed by atoms with Crippen molar-refractivity contribution in [1.29, 1.82) is 0 Å². The van der Waals surface area contributed by atoms with Crippen molar-refractivity contribution in [3.05, 3.63) is 59.9 Å². The Hall–Kier alpha value is -2.86. The maximum Gasteiger partial charge on any atom is 0.248 e. The lowest BCUT2D eigenvalue weighted by atomic mass is 10.1. The van der Waals surface area contributed by atoms with Gasteiger partial charge < -0.3 is 19.5 Å². The van der Waals surface area contributed by atoms with Crippen LogP contribution in [0.4, 0.5) is 10.1 Å². The maximum atomic E-state index is 13.0. The Morgan fingerprint density at radius 1 is 1.08 bits per heavy atom. The van der Waals surface area contributed by atoms with Gasteiger partial charge >= 0.3 is 0 Å². The molecule has 138 valence electrons. The molecule has 0 aromatic heterocycles. The number of nitrogens with one attached hydrogen (secondary N) is 1. The number of amides is 1. The molecule has 0 heterocycles. The van der Waals surface area contributed by atoms with Gasteiger partial charge in [-0.05, 0) is 42.3 Å². The van der Waals surface area contributed by atoms with Crippen molar-refractivity contribution in [2.75, 3.05) is 32.8 Å². The van der Waals surface area contributed by atoms with E-state index in [2.05, 4.69) is 5.32 Å². The van der Waals surface area contributed by atoms with E-state index in [1.165, 1.54) is 18.2 Å². The summed E-state index contributed by atoms with van der Waals surface area (Å²) >= 11 is 0. The highest BCUT2D eigenvalue weighted by Gasteiger charge is 2.08. The standard InChI is InChI=1S/C20H22FNO4/c1-14(15-4-6-16(21)7-5-15)12-20(23)22-17-8-9-18(25-3)19(13-17)26-11-10-24-2/h4-9,12-13H,10-11H2,1-3H3,(H,22,23)/b14-12+. The Balaban J connectivity index is 2.08. The van der Waals surface area contributed by atoms with Gasteiger partial charge in [0.1, 0.15) is 12.4 Å². The maximum absolute atomic E-state index is 13.0. The molecule has 2 aromatic carbocycles. The van der Waals surface area contributed by atoms with Gasteiger partial charge in [-0.25, -0.2) is 4.39 Å². The first-order valence-corrected chi connectivity index (χ1v) is 8.08. The van der Waals surface area contributed by atoms with Crippen molar-refractivity contribution in [3.8, 4) is 11.5 Å². The molecule has 0 fully saturated rings. The number of carbonyl (C=O) groups is 1. The van der Waals surface area contributed by atoms with Gasteiger partial charge in [-0.15, -0.1) is 0 Å². The van der Waals surface area contributed by atoms with Gasteiger partial charge in [0.2, 0.25) is 5.91 Å². The van der Waals surface area contributed by atoms with E-state index in [9.17, 15) is 9.18 Å². The SMILES string of the molecule is COCCOc1cc(NC(=O)/C=C(\C)c2ccc(F)cc2)ccc1OC. The van der Waals surface area contributed by atoms with Gasteiger partial charge in [-0.2, -0.15) is 0 Å². The molecule has 0 aliphatic rings. The molecule has 0 saturated carbocycles. The molecule has 2 rings (SSSR count). The van der Waals surface area contributed by atoms with Crippen LogP contribution in [0.15, 0.2) is 48.5 Å². The van der Waals surface area contributed by atoms with E-state index in [0.717, 1.165) is 11.1 Å². The minimum Gasteiger partial charge on any atom is -0.493 e. The molecule has 2 aromatic rings. The zero-order chi connectivity index (χ0) is 18.9. The number of carbonyl (C=O) groups excluding carboxylic acids is 1. The summed E-state index contributed by atoms with van der Waals surface area (Å²) in [6.07, 6.45) is 1.46. The molecule has 1 amide bonds. The molecule has 5 nitrogen and oxygen atoms in total. The molecule has 0 unspecified atom stereocenters. The third-order valence-electron chi connectivity index (χ3n) is 3.62. The summed E-state index contributed by atoms with van der Waals surface area (Å²) in [6.45, 7) is 2.60. The van der Waals surface area contributed by atoms with Crippen molar-refractivity contribution in [1.82, 2.24) is 0 Å². The van der Waals surface area contributed by atoms with E-state index in [1.807, 2.05) is 0 Å². The summed E-state index contributed by atoms with van der Waals surface area (Å²) < 4.78 is 28.8. The zero-order valence-electron chi connectivity index (χ0n) is 15.0. The second-order valence-electron chi connectivity index (χ2n) is 5.53. The van der Waals surface area contributed by atoms with Gasteiger partial charge in [0.25, 0.3) is 0 Å². The van der Waals surface area contributed by atoms with Gasteiger partial charge in [0.05, 0.1) is 13.7 Å². The highest BCUT2D eigenvalue weighted by Crippen LogP contribution is 2.30. The third-order valence-corrected chi connectivity index (χ3v) is 3.62. The lowest BCUT2D eigenvalue weighted by Crippen LogP contribution is -2.10. The fraction of sp³-hybridized carbons (Fsp3) is 0.250. The first kappa shape index (κ1) is 19.5. The first-order chi connectivity index (χ1) is 12.5. The van der Waals surface area contributed by atoms with Crippen LogP contribution < -0.4 is 14.8 Å². The minimum atomic E-state index is -0.315. The summed E-state index contributed by atoms with van der Waals surface area (Å²) in [5.41, 5.74) is 2.08. The van der Waals surface area contributed by atoms with E-state index in [0.29, 0.717) is 30.4 Å². The average molecular weight is 359 g/mol. The molecule has 0 atom stereocenters. The second-order valence-corrected chi connectivity index (χ2v) is 5.53. The monoisotopic (exact) mass is 359 g/mol. The van der Waals surface area contributed by atoms with E-state index in [-0.39, 0.29) is 11.7 Å². The topological polar surface area (TPSA) is 56.8 Å². The molecule has 0 saturated heterocycles. The smallest absolute Gasteiger partial charge is 0.248 e. The minimum absolute atomic E-state index is 0.292. The summed E-state index contributed by atoms with van der Waals surface area (Å²) in [5, 5.41) is 2.78. The highest BCUT2D eigenvalue weighted by atomic mass is 19.1. The largest absolute Gasteiger partial charge is 0.493 e. The fourth-order valence-electron chi connectivity index (χ4n) is 2.27. The Bertz CT molecular complexity index is 772. The summed E-state index contributed by atoms with van der Waals surface area (Å²) in [7, 11) is 3.14. The van der Waals surface area contributed by atoms with Crippen LogP contribution in [-0.2, 0) is 9.53 Å². The predicted octanol–water partition coefficient (Wildman–Crippen LogP) is 3.90. The molecule has 1 N–H and O–H groups in total. The van der Waals surface area contributed by atoms with E-state index >= 15 is 0 Å². The molecule has 0 radical (unpaired) electrons. The number of benzene rings is 2. The van der Waals surface area contributed by atoms with Gasteiger partial charge in [-0.1, -0.05) is 12.1 Å². The number of anilines is 1. The van der Waals surface area contributed by atoms with Gasteiger partial charge in [0, 0.05) is 24.9 Å². The van der Waals surface area contributed by atoms with Crippen molar-refractivity contribution >= 4 is 17.2 Å². The molecule has 0 aliphatic carbocycles. The van der Waals surface area contributed by atoms with Gasteiger partial charge in [-0.3, -0.25) is 4.79 Å². The summed E-state index contributed by atoms with van der Waals surface area (Å²) in [5.74, 6) is 0.476. The number of ether oxygens (including phenoxy) is 3. The van der Waals surface area contributed by atoms with Crippen LogP contribution in [0, 0.1) is 5.82 Å². The van der Waals surface area contributed by atoms with Crippen molar-refractivity contribution in [2.45, 2.75) is 6.92 Å². The van der Waals surface area contributed by atoms with Crippen molar-refractivity contribution < 1.29 is 23.4 Å². The van der Waals surface area contributed by atoms with Crippen molar-refractivity contribution in [3.63, 3.8) is 0 Å². The average Bonchev–Trinajstić information content (AvgIpc) is 2.62. The lowest BCUT2D eigenvalue weighted by Gasteiger charge is -2.12. The Labute approximate surface area is 152 Å². The summed E-state index contributed by atoms with van der Waals surface area (Å²) in [6, 6.07) is 11.1. The Morgan fingerprint density at radius 2 is 1.81 bits per heavy atom. The van der Waals surface area contributed by atoms with E-state index in [4.69, 9.17) is 14.2 Å². The van der Waals surface area contributed by atoms with Crippen molar-refractivity contribution in [2.24, 2.45) is 0 Å². The molecule has 0 aliphatic heterocycles. The number of halogens is 1. The van der Waals surface area contributed by atoms with Crippen LogP contribution in [0.3, 0.4) is 0 Å². The Morgan fingerprint density at radius 3 is 2.46 bits per heavy atom.